The Labute approximate surface area is 146 Å². The smallest absolute Gasteiger partial charge is 0.369 e. The van der Waals surface area contributed by atoms with Crippen molar-refractivity contribution in [1.82, 2.24) is 4.98 Å². The Morgan fingerprint density at radius 3 is 2.60 bits per heavy atom. The molecule has 1 heterocycles. The average molecular weight is 390 g/mol. The van der Waals surface area contributed by atoms with Gasteiger partial charge >= 0.3 is 10.4 Å². The molecule has 0 saturated heterocycles. The molecule has 138 valence electrons. The van der Waals surface area contributed by atoms with Gasteiger partial charge in [-0.15, -0.1) is 0 Å². The maximum atomic E-state index is 11.4. The molecule has 0 aliphatic heterocycles. The highest BCUT2D eigenvalue weighted by Gasteiger charge is 2.11. The van der Waals surface area contributed by atoms with E-state index in [0.29, 0.717) is 11.4 Å². The van der Waals surface area contributed by atoms with Crippen LogP contribution in [0.15, 0.2) is 18.1 Å². The number of rotatable bonds is 10. The first-order valence-corrected chi connectivity index (χ1v) is 10.0. The summed E-state index contributed by atoms with van der Waals surface area (Å²) in [4.78, 5) is 4.15. The first-order chi connectivity index (χ1) is 11.6. The lowest BCUT2D eigenvalue weighted by Crippen LogP contribution is -2.17. The molecule has 0 unspecified atom stereocenters. The van der Waals surface area contributed by atoms with Gasteiger partial charge in [0.2, 0.25) is 0 Å². The number of anilines is 2. The molecule has 3 N–H and O–H groups in total. The molecular weight excluding hydrogens is 372 g/mol. The van der Waals surface area contributed by atoms with E-state index in [0.717, 1.165) is 5.41 Å². The average Bonchev–Trinajstić information content (AvgIpc) is 2.50. The van der Waals surface area contributed by atoms with Gasteiger partial charge < -0.3 is 10.6 Å². The molecule has 0 spiro atoms. The Bertz CT molecular complexity index is 875. The summed E-state index contributed by atoms with van der Waals surface area (Å²) in [7, 11) is -7.89. The molecule has 0 atom stereocenters. The second-order valence-electron chi connectivity index (χ2n) is 4.80. The van der Waals surface area contributed by atoms with Crippen LogP contribution in [0.4, 0.5) is 11.6 Å². The molecule has 0 radical (unpaired) electrons. The highest BCUT2D eigenvalue weighted by Crippen LogP contribution is 2.20. The van der Waals surface area contributed by atoms with Crippen molar-refractivity contribution >= 4 is 31.9 Å². The van der Waals surface area contributed by atoms with Crippen LogP contribution >= 0.6 is 0 Å². The molecule has 12 heteroatoms. The number of nitriles is 1. The fourth-order valence-corrected chi connectivity index (χ4v) is 2.60. The number of hydrogen-bond acceptors (Lipinski definition) is 9. The second-order valence-corrected chi connectivity index (χ2v) is 7.96. The van der Waals surface area contributed by atoms with Crippen LogP contribution in [-0.2, 0) is 24.4 Å². The van der Waals surface area contributed by atoms with Crippen LogP contribution < -0.4 is 10.6 Å². The third-order valence-corrected chi connectivity index (χ3v) is 4.65. The normalized spacial score (nSPS) is 11.6. The van der Waals surface area contributed by atoms with Crippen LogP contribution in [0.1, 0.15) is 11.1 Å². The van der Waals surface area contributed by atoms with Gasteiger partial charge in [0.25, 0.3) is 0 Å². The van der Waals surface area contributed by atoms with Crippen LogP contribution in [0, 0.1) is 18.3 Å². The van der Waals surface area contributed by atoms with Crippen molar-refractivity contribution < 1.29 is 25.6 Å². The molecule has 0 bridgehead atoms. The van der Waals surface area contributed by atoms with Crippen molar-refractivity contribution in [2.45, 2.75) is 6.92 Å². The van der Waals surface area contributed by atoms with Gasteiger partial charge in [0.15, 0.2) is 9.84 Å². The summed E-state index contributed by atoms with van der Waals surface area (Å²) in [5.74, 6) is 0.354. The highest BCUT2D eigenvalue weighted by molar-refractivity contribution is 7.94. The Morgan fingerprint density at radius 1 is 1.36 bits per heavy atom. The van der Waals surface area contributed by atoms with E-state index in [1.807, 2.05) is 6.07 Å². The summed E-state index contributed by atoms with van der Waals surface area (Å²) in [6.07, 6.45) is 0. The summed E-state index contributed by atoms with van der Waals surface area (Å²) in [6.45, 7) is 4.59. The maximum absolute atomic E-state index is 11.4. The Hall–Kier alpha value is -2.20. The summed E-state index contributed by atoms with van der Waals surface area (Å²) in [5, 5.41) is 15.6. The lowest BCUT2D eigenvalue weighted by atomic mass is 10.1. The van der Waals surface area contributed by atoms with Crippen LogP contribution in [-0.4, -0.2) is 51.8 Å². The standard InChI is InChI=1S/C13H18N4O6S2/c1-3-24(18,19)7-5-15-12-8-10(2)11(9-14)13(17-12)16-4-6-23-25(20,21)22/h3,8H,1,4-7H2,2H3,(H2,15,16,17)(H,20,21,22). The lowest BCUT2D eigenvalue weighted by Gasteiger charge is -2.12. The van der Waals surface area contributed by atoms with Gasteiger partial charge in [0, 0.05) is 18.5 Å². The molecule has 25 heavy (non-hydrogen) atoms. The Balaban J connectivity index is 2.81. The van der Waals surface area contributed by atoms with E-state index >= 15 is 0 Å². The third kappa shape index (κ3) is 7.48. The van der Waals surface area contributed by atoms with Crippen molar-refractivity contribution in [3.63, 3.8) is 0 Å². The molecule has 1 aromatic rings. The van der Waals surface area contributed by atoms with Crippen molar-refractivity contribution in [3.8, 4) is 6.07 Å². The number of aryl methyl sites for hydroxylation is 1. The van der Waals surface area contributed by atoms with Crippen molar-refractivity contribution in [2.24, 2.45) is 0 Å². The zero-order chi connectivity index (χ0) is 19.1. The van der Waals surface area contributed by atoms with Gasteiger partial charge in [0.1, 0.15) is 17.7 Å². The van der Waals surface area contributed by atoms with Crippen LogP contribution in [0.3, 0.4) is 0 Å². The van der Waals surface area contributed by atoms with Crippen molar-refractivity contribution in [2.75, 3.05) is 36.1 Å². The minimum absolute atomic E-state index is 0.0325. The molecule has 1 rings (SSSR count). The van der Waals surface area contributed by atoms with Gasteiger partial charge in [0.05, 0.1) is 17.9 Å². The SMILES string of the molecule is C=CS(=O)(=O)CCNc1cc(C)c(C#N)c(NCCOS(=O)(=O)O)n1. The van der Waals surface area contributed by atoms with Crippen molar-refractivity contribution in [3.05, 3.63) is 29.2 Å². The topological polar surface area (TPSA) is 158 Å². The molecule has 0 amide bonds. The molecule has 0 aliphatic rings. The van der Waals surface area contributed by atoms with E-state index in [-0.39, 0.29) is 36.8 Å². The lowest BCUT2D eigenvalue weighted by molar-refractivity contribution is 0.278. The zero-order valence-electron chi connectivity index (χ0n) is 13.4. The van der Waals surface area contributed by atoms with Gasteiger partial charge in [-0.1, -0.05) is 6.58 Å². The van der Waals surface area contributed by atoms with Crippen LogP contribution in [0.2, 0.25) is 0 Å². The largest absolute Gasteiger partial charge is 0.397 e. The molecule has 0 fully saturated rings. The van der Waals surface area contributed by atoms with Gasteiger partial charge in [-0.05, 0) is 18.6 Å². The van der Waals surface area contributed by atoms with Crippen LogP contribution in [0.25, 0.3) is 0 Å². The number of nitrogens with one attached hydrogen (secondary N) is 2. The summed E-state index contributed by atoms with van der Waals surface area (Å²) in [5.41, 5.74) is 0.834. The number of pyridine rings is 1. The first kappa shape index (κ1) is 20.8. The van der Waals surface area contributed by atoms with Gasteiger partial charge in [-0.2, -0.15) is 13.7 Å². The van der Waals surface area contributed by atoms with E-state index in [2.05, 4.69) is 26.4 Å². The van der Waals surface area contributed by atoms with E-state index in [4.69, 9.17) is 4.55 Å². The quantitative estimate of drug-likeness (QED) is 0.378. The van der Waals surface area contributed by atoms with Gasteiger partial charge in [-0.25, -0.2) is 17.6 Å². The fourth-order valence-electron chi connectivity index (χ4n) is 1.75. The maximum Gasteiger partial charge on any atom is 0.397 e. The second kappa shape index (κ2) is 8.77. The molecule has 0 saturated carbocycles. The van der Waals surface area contributed by atoms with E-state index in [1.165, 1.54) is 0 Å². The summed E-state index contributed by atoms with van der Waals surface area (Å²) >= 11 is 0. The highest BCUT2D eigenvalue weighted by atomic mass is 32.3. The Morgan fingerprint density at radius 2 is 2.04 bits per heavy atom. The summed E-state index contributed by atoms with van der Waals surface area (Å²) in [6, 6.07) is 3.55. The predicted octanol–water partition coefficient (Wildman–Crippen LogP) is 0.463. The minimum Gasteiger partial charge on any atom is -0.369 e. The zero-order valence-corrected chi connectivity index (χ0v) is 15.0. The number of hydrogen-bond donors (Lipinski definition) is 3. The number of sulfone groups is 1. The molecule has 0 aromatic carbocycles. The summed E-state index contributed by atoms with van der Waals surface area (Å²) < 4.78 is 56.3. The monoisotopic (exact) mass is 390 g/mol. The Kier molecular flexibility index (Phi) is 7.31. The first-order valence-electron chi connectivity index (χ1n) is 6.94. The third-order valence-electron chi connectivity index (χ3n) is 2.90. The fraction of sp³-hybridized carbons (Fsp3) is 0.385. The van der Waals surface area contributed by atoms with E-state index < -0.39 is 20.2 Å². The van der Waals surface area contributed by atoms with E-state index in [1.54, 1.807) is 13.0 Å². The van der Waals surface area contributed by atoms with Crippen molar-refractivity contribution in [1.29, 1.82) is 5.26 Å². The number of aromatic nitrogens is 1. The van der Waals surface area contributed by atoms with E-state index in [9.17, 15) is 22.1 Å². The molecular formula is C13H18N4O6S2. The predicted molar refractivity (Wildman–Crippen MR) is 92.2 cm³/mol. The number of nitrogens with zero attached hydrogens (tertiary/aromatic N) is 2. The minimum atomic E-state index is -4.54. The molecule has 1 aromatic heterocycles. The molecule has 0 aliphatic carbocycles. The van der Waals surface area contributed by atoms with Crippen LogP contribution in [0.5, 0.6) is 0 Å². The molecule has 10 nitrogen and oxygen atoms in total. The van der Waals surface area contributed by atoms with Gasteiger partial charge in [-0.3, -0.25) is 4.55 Å².